The SMILES string of the molecule is CCOc1cncc(C(=O)c2ccnc(Cl)c2)c1. The minimum atomic E-state index is -0.159. The van der Waals surface area contributed by atoms with Gasteiger partial charge in [0, 0.05) is 23.5 Å². The predicted molar refractivity (Wildman–Crippen MR) is 68.1 cm³/mol. The lowest BCUT2D eigenvalue weighted by molar-refractivity contribution is 0.103. The van der Waals surface area contributed by atoms with Gasteiger partial charge in [0.05, 0.1) is 12.8 Å². The molecule has 2 aromatic rings. The van der Waals surface area contributed by atoms with Crippen LogP contribution in [0.15, 0.2) is 36.8 Å². The molecule has 5 heteroatoms. The van der Waals surface area contributed by atoms with E-state index in [1.807, 2.05) is 6.92 Å². The molecular weight excluding hydrogens is 252 g/mol. The Hall–Kier alpha value is -1.94. The van der Waals surface area contributed by atoms with Gasteiger partial charge in [-0.1, -0.05) is 11.6 Å². The fourth-order valence-corrected chi connectivity index (χ4v) is 1.67. The highest BCUT2D eigenvalue weighted by Crippen LogP contribution is 2.16. The van der Waals surface area contributed by atoms with Crippen LogP contribution in [0.25, 0.3) is 0 Å². The molecule has 0 aliphatic rings. The number of carbonyl (C=O) groups is 1. The molecule has 2 rings (SSSR count). The molecule has 0 radical (unpaired) electrons. The van der Waals surface area contributed by atoms with E-state index >= 15 is 0 Å². The van der Waals surface area contributed by atoms with Gasteiger partial charge in [-0.05, 0) is 25.1 Å². The summed E-state index contributed by atoms with van der Waals surface area (Å²) in [6, 6.07) is 4.80. The molecule has 0 saturated carbocycles. The number of hydrogen-bond acceptors (Lipinski definition) is 4. The average Bonchev–Trinajstić information content (AvgIpc) is 2.39. The Morgan fingerprint density at radius 1 is 1.33 bits per heavy atom. The van der Waals surface area contributed by atoms with Crippen LogP contribution in [0.1, 0.15) is 22.8 Å². The summed E-state index contributed by atoms with van der Waals surface area (Å²) >= 11 is 5.75. The first kappa shape index (κ1) is 12.5. The largest absolute Gasteiger partial charge is 0.492 e. The molecule has 0 spiro atoms. The van der Waals surface area contributed by atoms with Gasteiger partial charge in [0.15, 0.2) is 5.78 Å². The van der Waals surface area contributed by atoms with Crippen molar-refractivity contribution < 1.29 is 9.53 Å². The van der Waals surface area contributed by atoms with Crippen molar-refractivity contribution >= 4 is 17.4 Å². The number of carbonyl (C=O) groups excluding carboxylic acids is 1. The number of pyridine rings is 2. The van der Waals surface area contributed by atoms with Gasteiger partial charge < -0.3 is 4.74 Å². The van der Waals surface area contributed by atoms with Crippen LogP contribution < -0.4 is 4.74 Å². The lowest BCUT2D eigenvalue weighted by Gasteiger charge is -2.05. The van der Waals surface area contributed by atoms with Gasteiger partial charge in [-0.25, -0.2) is 4.98 Å². The first-order valence-corrected chi connectivity index (χ1v) is 5.82. The molecule has 0 fully saturated rings. The Labute approximate surface area is 110 Å². The van der Waals surface area contributed by atoms with Crippen molar-refractivity contribution in [3.63, 3.8) is 0 Å². The van der Waals surface area contributed by atoms with Gasteiger partial charge in [0.25, 0.3) is 0 Å². The second kappa shape index (κ2) is 5.60. The smallest absolute Gasteiger partial charge is 0.194 e. The van der Waals surface area contributed by atoms with E-state index in [0.29, 0.717) is 23.5 Å². The molecule has 92 valence electrons. The first-order chi connectivity index (χ1) is 8.70. The predicted octanol–water partition coefficient (Wildman–Crippen LogP) is 2.76. The second-order valence-corrected chi connectivity index (χ2v) is 3.93. The summed E-state index contributed by atoms with van der Waals surface area (Å²) < 4.78 is 5.30. The lowest BCUT2D eigenvalue weighted by atomic mass is 10.1. The first-order valence-electron chi connectivity index (χ1n) is 5.45. The quantitative estimate of drug-likeness (QED) is 0.628. The molecule has 0 atom stereocenters. The zero-order chi connectivity index (χ0) is 13.0. The molecule has 4 nitrogen and oxygen atoms in total. The van der Waals surface area contributed by atoms with E-state index in [-0.39, 0.29) is 10.9 Å². The fraction of sp³-hybridized carbons (Fsp3) is 0.154. The van der Waals surface area contributed by atoms with E-state index in [0.717, 1.165) is 0 Å². The van der Waals surface area contributed by atoms with E-state index in [9.17, 15) is 4.79 Å². The Morgan fingerprint density at radius 3 is 2.89 bits per heavy atom. The third kappa shape index (κ3) is 2.84. The van der Waals surface area contributed by atoms with E-state index in [1.54, 1.807) is 18.3 Å². The minimum Gasteiger partial charge on any atom is -0.492 e. The van der Waals surface area contributed by atoms with Gasteiger partial charge in [0.1, 0.15) is 10.9 Å². The van der Waals surface area contributed by atoms with Gasteiger partial charge in [-0.15, -0.1) is 0 Å². The van der Waals surface area contributed by atoms with E-state index in [2.05, 4.69) is 9.97 Å². The number of rotatable bonds is 4. The van der Waals surface area contributed by atoms with Crippen molar-refractivity contribution in [3.05, 3.63) is 53.1 Å². The monoisotopic (exact) mass is 262 g/mol. The third-order valence-corrected chi connectivity index (χ3v) is 2.48. The minimum absolute atomic E-state index is 0.159. The fourth-order valence-electron chi connectivity index (χ4n) is 1.50. The Balaban J connectivity index is 2.31. The lowest BCUT2D eigenvalue weighted by Crippen LogP contribution is -2.03. The average molecular weight is 263 g/mol. The summed E-state index contributed by atoms with van der Waals surface area (Å²) in [5, 5.41) is 0.287. The maximum absolute atomic E-state index is 12.2. The second-order valence-electron chi connectivity index (χ2n) is 3.54. The molecule has 0 amide bonds. The summed E-state index contributed by atoms with van der Waals surface area (Å²) in [5.74, 6) is 0.414. The molecule has 18 heavy (non-hydrogen) atoms. The summed E-state index contributed by atoms with van der Waals surface area (Å²) in [6.45, 7) is 2.40. The highest BCUT2D eigenvalue weighted by Gasteiger charge is 2.11. The zero-order valence-corrected chi connectivity index (χ0v) is 10.5. The number of halogens is 1. The van der Waals surface area contributed by atoms with E-state index in [1.165, 1.54) is 18.5 Å². The maximum atomic E-state index is 12.2. The molecule has 0 aliphatic heterocycles. The van der Waals surface area contributed by atoms with Crippen LogP contribution >= 0.6 is 11.6 Å². The number of ether oxygens (including phenoxy) is 1. The normalized spacial score (nSPS) is 10.1. The van der Waals surface area contributed by atoms with Gasteiger partial charge >= 0.3 is 0 Å². The van der Waals surface area contributed by atoms with Gasteiger partial charge in [-0.3, -0.25) is 9.78 Å². The Morgan fingerprint density at radius 2 is 2.17 bits per heavy atom. The van der Waals surface area contributed by atoms with Gasteiger partial charge in [0.2, 0.25) is 0 Å². The topological polar surface area (TPSA) is 52.1 Å². The van der Waals surface area contributed by atoms with Crippen LogP contribution in [0.5, 0.6) is 5.75 Å². The van der Waals surface area contributed by atoms with E-state index in [4.69, 9.17) is 16.3 Å². The highest BCUT2D eigenvalue weighted by molar-refractivity contribution is 6.29. The number of hydrogen-bond donors (Lipinski definition) is 0. The van der Waals surface area contributed by atoms with Crippen LogP contribution in [-0.4, -0.2) is 22.4 Å². The highest BCUT2D eigenvalue weighted by atomic mass is 35.5. The molecule has 0 unspecified atom stereocenters. The Kier molecular flexibility index (Phi) is 3.89. The zero-order valence-electron chi connectivity index (χ0n) is 9.76. The molecule has 2 heterocycles. The van der Waals surface area contributed by atoms with Crippen LogP contribution in [0.4, 0.5) is 0 Å². The van der Waals surface area contributed by atoms with Crippen LogP contribution in [-0.2, 0) is 0 Å². The van der Waals surface area contributed by atoms with Crippen molar-refractivity contribution in [2.75, 3.05) is 6.61 Å². The Bertz CT molecular complexity index is 572. The summed E-state index contributed by atoms with van der Waals surface area (Å²) in [6.07, 6.45) is 4.56. The van der Waals surface area contributed by atoms with Crippen LogP contribution in [0, 0.1) is 0 Å². The van der Waals surface area contributed by atoms with E-state index < -0.39 is 0 Å². The maximum Gasteiger partial charge on any atom is 0.194 e. The molecule has 2 aromatic heterocycles. The molecular formula is C13H11ClN2O2. The summed E-state index contributed by atoms with van der Waals surface area (Å²) in [4.78, 5) is 20.0. The van der Waals surface area contributed by atoms with Crippen molar-refractivity contribution in [3.8, 4) is 5.75 Å². The number of nitrogens with zero attached hydrogens (tertiary/aromatic N) is 2. The molecule has 0 saturated heterocycles. The molecule has 0 aromatic carbocycles. The number of ketones is 1. The molecule has 0 N–H and O–H groups in total. The van der Waals surface area contributed by atoms with Crippen LogP contribution in [0.2, 0.25) is 5.15 Å². The van der Waals surface area contributed by atoms with Crippen LogP contribution in [0.3, 0.4) is 0 Å². The summed E-state index contributed by atoms with van der Waals surface area (Å²) in [5.41, 5.74) is 0.939. The van der Waals surface area contributed by atoms with Crippen molar-refractivity contribution in [1.82, 2.24) is 9.97 Å². The molecule has 0 aliphatic carbocycles. The van der Waals surface area contributed by atoms with Crippen molar-refractivity contribution in [1.29, 1.82) is 0 Å². The third-order valence-electron chi connectivity index (χ3n) is 2.28. The van der Waals surface area contributed by atoms with Gasteiger partial charge in [-0.2, -0.15) is 0 Å². The number of aromatic nitrogens is 2. The summed E-state index contributed by atoms with van der Waals surface area (Å²) in [7, 11) is 0. The van der Waals surface area contributed by atoms with Crippen molar-refractivity contribution in [2.24, 2.45) is 0 Å². The van der Waals surface area contributed by atoms with Crippen molar-refractivity contribution in [2.45, 2.75) is 6.92 Å². The standard InChI is InChI=1S/C13H11ClN2O2/c1-2-18-11-5-10(7-15-8-11)13(17)9-3-4-16-12(14)6-9/h3-8H,2H2,1H3. The molecule has 0 bridgehead atoms.